The number of aromatic amines is 1. The van der Waals surface area contributed by atoms with Crippen LogP contribution in [0.1, 0.15) is 16.4 Å². The number of carboxylic acids is 1. The Hall–Kier alpha value is -3.61. The van der Waals surface area contributed by atoms with Crippen molar-refractivity contribution in [3.8, 4) is 5.75 Å². The second-order valence-electron chi connectivity index (χ2n) is 8.29. The molecule has 2 aliphatic rings. The van der Waals surface area contributed by atoms with Crippen LogP contribution in [0, 0.1) is 5.92 Å². The molecule has 0 radical (unpaired) electrons. The van der Waals surface area contributed by atoms with Crippen LogP contribution in [0.4, 0.5) is 5.69 Å². The first-order valence-electron chi connectivity index (χ1n) is 11.0. The molecule has 2 unspecified atom stereocenters. The number of H-pyrrole nitrogens is 1. The normalized spacial score (nSPS) is 20.4. The number of aromatic nitrogens is 1. The SMILES string of the molecule is O=C(O)CN1C(=O)C2Sc3[nH]c(=O)sc3[C@H](c3ccccc3OCC(=O)Nc3ccc(Cl)cc3)C2C1=O. The molecule has 2 aliphatic heterocycles. The van der Waals surface area contributed by atoms with Crippen molar-refractivity contribution >= 4 is 64.1 Å². The van der Waals surface area contributed by atoms with E-state index in [1.165, 1.54) is 0 Å². The molecule has 1 saturated heterocycles. The summed E-state index contributed by atoms with van der Waals surface area (Å²) in [7, 11) is 0. The molecule has 37 heavy (non-hydrogen) atoms. The van der Waals surface area contributed by atoms with Gasteiger partial charge >= 0.3 is 10.8 Å². The maximum atomic E-state index is 13.3. The number of carboxylic acid groups (broad SMARTS) is 1. The van der Waals surface area contributed by atoms with Gasteiger partial charge in [0.05, 0.1) is 10.9 Å². The topological polar surface area (TPSA) is 146 Å². The molecule has 1 aromatic heterocycles. The molecule has 0 bridgehead atoms. The molecule has 2 aromatic carbocycles. The van der Waals surface area contributed by atoms with Gasteiger partial charge in [-0.1, -0.05) is 52.9 Å². The number of thiazole rings is 1. The summed E-state index contributed by atoms with van der Waals surface area (Å²) in [5, 5.41) is 12.0. The number of halogens is 1. The fourth-order valence-corrected chi connectivity index (χ4v) is 7.10. The number of para-hydroxylation sites is 1. The predicted molar refractivity (Wildman–Crippen MR) is 136 cm³/mol. The number of carbonyl (C=O) groups excluding carboxylic acids is 3. The lowest BCUT2D eigenvalue weighted by molar-refractivity contribution is -0.149. The van der Waals surface area contributed by atoms with E-state index in [1.807, 2.05) is 0 Å². The van der Waals surface area contributed by atoms with Crippen LogP contribution in [-0.4, -0.2) is 57.1 Å². The number of amides is 3. The molecule has 190 valence electrons. The van der Waals surface area contributed by atoms with Crippen LogP contribution in [0.5, 0.6) is 5.75 Å². The summed E-state index contributed by atoms with van der Waals surface area (Å²) in [6.07, 6.45) is 0. The van der Waals surface area contributed by atoms with Gasteiger partial charge in [-0.25, -0.2) is 0 Å². The van der Waals surface area contributed by atoms with E-state index in [9.17, 15) is 29.1 Å². The molecular formula is C24H18ClN3O7S2. The lowest BCUT2D eigenvalue weighted by atomic mass is 9.82. The second-order valence-corrected chi connectivity index (χ2v) is 10.9. The molecule has 3 aromatic rings. The van der Waals surface area contributed by atoms with Crippen molar-refractivity contribution in [2.24, 2.45) is 5.92 Å². The van der Waals surface area contributed by atoms with Crippen molar-refractivity contribution in [2.45, 2.75) is 16.2 Å². The van der Waals surface area contributed by atoms with Gasteiger partial charge < -0.3 is 20.1 Å². The van der Waals surface area contributed by atoms with Crippen molar-refractivity contribution in [1.29, 1.82) is 0 Å². The summed E-state index contributed by atoms with van der Waals surface area (Å²) in [4.78, 5) is 66.0. The lowest BCUT2D eigenvalue weighted by Crippen LogP contribution is -2.36. The number of imide groups is 1. The number of anilines is 1. The van der Waals surface area contributed by atoms with Crippen molar-refractivity contribution in [3.63, 3.8) is 0 Å². The molecule has 3 atom stereocenters. The van der Waals surface area contributed by atoms with Crippen LogP contribution in [0.25, 0.3) is 0 Å². The third kappa shape index (κ3) is 4.87. The third-order valence-electron chi connectivity index (χ3n) is 5.95. The van der Waals surface area contributed by atoms with Crippen molar-refractivity contribution in [3.05, 3.63) is 73.7 Å². The molecule has 3 heterocycles. The number of likely N-dealkylation sites (tertiary alicyclic amines) is 1. The number of nitrogens with zero attached hydrogens (tertiary/aromatic N) is 1. The Balaban J connectivity index is 1.46. The van der Waals surface area contributed by atoms with Crippen LogP contribution in [0.2, 0.25) is 5.02 Å². The highest BCUT2D eigenvalue weighted by atomic mass is 35.5. The lowest BCUT2D eigenvalue weighted by Gasteiger charge is -2.30. The quantitative estimate of drug-likeness (QED) is 0.375. The fourth-order valence-electron chi connectivity index (χ4n) is 4.44. The molecule has 0 saturated carbocycles. The van der Waals surface area contributed by atoms with Crippen LogP contribution in [0.3, 0.4) is 0 Å². The van der Waals surface area contributed by atoms with E-state index in [4.69, 9.17) is 16.3 Å². The van der Waals surface area contributed by atoms with Gasteiger partial charge in [0.25, 0.3) is 5.91 Å². The Morgan fingerprint density at radius 3 is 2.54 bits per heavy atom. The average molecular weight is 560 g/mol. The van der Waals surface area contributed by atoms with E-state index in [0.717, 1.165) is 28.0 Å². The van der Waals surface area contributed by atoms with Crippen LogP contribution >= 0.6 is 34.7 Å². The highest BCUT2D eigenvalue weighted by Gasteiger charge is 2.56. The molecule has 10 nitrogen and oxygen atoms in total. The van der Waals surface area contributed by atoms with Crippen LogP contribution in [0.15, 0.2) is 58.4 Å². The van der Waals surface area contributed by atoms with E-state index in [2.05, 4.69) is 10.3 Å². The van der Waals surface area contributed by atoms with E-state index in [-0.39, 0.29) is 11.5 Å². The van der Waals surface area contributed by atoms with Gasteiger partial charge in [-0.3, -0.25) is 28.9 Å². The molecule has 3 N–H and O–H groups in total. The number of thioether (sulfide) groups is 1. The molecular weight excluding hydrogens is 542 g/mol. The summed E-state index contributed by atoms with van der Waals surface area (Å²) >= 11 is 7.84. The number of ether oxygens (including phenoxy) is 1. The van der Waals surface area contributed by atoms with Gasteiger partial charge in [0, 0.05) is 27.1 Å². The third-order valence-corrected chi connectivity index (χ3v) is 8.60. The Bertz CT molecular complexity index is 1470. The summed E-state index contributed by atoms with van der Waals surface area (Å²) in [5.74, 6) is -4.38. The highest BCUT2D eigenvalue weighted by Crippen LogP contribution is 2.53. The Morgan fingerprint density at radius 1 is 1.08 bits per heavy atom. The molecule has 0 spiro atoms. The molecule has 13 heteroatoms. The van der Waals surface area contributed by atoms with Gasteiger partial charge in [-0.05, 0) is 30.3 Å². The van der Waals surface area contributed by atoms with Gasteiger partial charge in [-0.2, -0.15) is 0 Å². The Morgan fingerprint density at radius 2 is 1.81 bits per heavy atom. The number of nitrogens with one attached hydrogen (secondary N) is 2. The zero-order valence-electron chi connectivity index (χ0n) is 18.8. The highest BCUT2D eigenvalue weighted by molar-refractivity contribution is 8.00. The molecule has 5 rings (SSSR count). The van der Waals surface area contributed by atoms with E-state index >= 15 is 0 Å². The standard InChI is InChI=1S/C24H18ClN3O7S2/c25-11-5-7-12(8-6-11)26-15(29)10-35-14-4-2-1-3-13(14)17-18-20(36-21-19(17)37-24(34)27-21)23(33)28(22(18)32)9-16(30)31/h1-8,17-18,20H,9-10H2,(H,26,29)(H,27,34)(H,30,31)/t17-,18?,20?/m1/s1. The molecule has 0 aliphatic carbocycles. The number of hydrogen-bond acceptors (Lipinski definition) is 8. The van der Waals surface area contributed by atoms with E-state index in [0.29, 0.717) is 31.9 Å². The summed E-state index contributed by atoms with van der Waals surface area (Å²) < 4.78 is 5.84. The zero-order chi connectivity index (χ0) is 26.3. The smallest absolute Gasteiger partial charge is 0.323 e. The number of benzene rings is 2. The van der Waals surface area contributed by atoms with Gasteiger partial charge in [0.1, 0.15) is 17.5 Å². The summed E-state index contributed by atoms with van der Waals surface area (Å²) in [6.45, 7) is -1.09. The van der Waals surface area contributed by atoms with Crippen molar-refractivity contribution in [1.82, 2.24) is 9.88 Å². The van der Waals surface area contributed by atoms with E-state index < -0.39 is 47.3 Å². The molecule has 1 fully saturated rings. The van der Waals surface area contributed by atoms with Crippen LogP contribution < -0.4 is 14.9 Å². The Labute approximate surface area is 222 Å². The van der Waals surface area contributed by atoms with Crippen molar-refractivity contribution < 1.29 is 29.0 Å². The first-order valence-corrected chi connectivity index (χ1v) is 13.0. The Kier molecular flexibility index (Phi) is 6.80. The monoisotopic (exact) mass is 559 g/mol. The van der Waals surface area contributed by atoms with E-state index in [1.54, 1.807) is 48.5 Å². The maximum Gasteiger partial charge on any atom is 0.323 e. The largest absolute Gasteiger partial charge is 0.483 e. The van der Waals surface area contributed by atoms with Gasteiger partial charge in [0.2, 0.25) is 11.8 Å². The molecule has 3 amide bonds. The minimum Gasteiger partial charge on any atom is -0.483 e. The summed E-state index contributed by atoms with van der Waals surface area (Å²) in [6, 6.07) is 13.3. The average Bonchev–Trinajstić information content (AvgIpc) is 3.35. The number of rotatable bonds is 7. The first-order chi connectivity index (χ1) is 17.7. The minimum absolute atomic E-state index is 0.299. The van der Waals surface area contributed by atoms with Crippen LogP contribution in [-0.2, 0) is 19.2 Å². The van der Waals surface area contributed by atoms with Gasteiger partial charge in [0.15, 0.2) is 6.61 Å². The first kappa shape index (κ1) is 25.1. The number of carbonyl (C=O) groups is 4. The second kappa shape index (κ2) is 10.0. The summed E-state index contributed by atoms with van der Waals surface area (Å²) in [5.41, 5.74) is 1.04. The number of hydrogen-bond donors (Lipinski definition) is 3. The van der Waals surface area contributed by atoms with Crippen molar-refractivity contribution in [2.75, 3.05) is 18.5 Å². The fraction of sp³-hybridized carbons (Fsp3) is 0.208. The number of fused-ring (bicyclic) bond motifs is 2. The number of aliphatic carboxylic acids is 1. The maximum absolute atomic E-state index is 13.3. The minimum atomic E-state index is -1.31. The predicted octanol–water partition coefficient (Wildman–Crippen LogP) is 2.78. The zero-order valence-corrected chi connectivity index (χ0v) is 21.2. The van der Waals surface area contributed by atoms with Gasteiger partial charge in [-0.15, -0.1) is 0 Å².